The van der Waals surface area contributed by atoms with Crippen LogP contribution in [0.3, 0.4) is 0 Å². The number of aromatic nitrogens is 4. The first kappa shape index (κ1) is 24.4. The molecule has 1 saturated heterocycles. The second-order valence-corrected chi connectivity index (χ2v) is 11.7. The van der Waals surface area contributed by atoms with Crippen LogP contribution in [0.1, 0.15) is 24.4 Å². The van der Waals surface area contributed by atoms with Gasteiger partial charge in [-0.3, -0.25) is 9.59 Å². The van der Waals surface area contributed by atoms with E-state index in [1.54, 1.807) is 24.4 Å². The van der Waals surface area contributed by atoms with E-state index in [4.69, 9.17) is 11.6 Å². The molecule has 11 heteroatoms. The molecule has 0 unspecified atom stereocenters. The summed E-state index contributed by atoms with van der Waals surface area (Å²) in [6.07, 6.45) is 5.51. The van der Waals surface area contributed by atoms with Crippen molar-refractivity contribution in [3.05, 3.63) is 84.1 Å². The zero-order valence-electron chi connectivity index (χ0n) is 21.1. The Labute approximate surface area is 231 Å². The summed E-state index contributed by atoms with van der Waals surface area (Å²) < 4.78 is 19.1. The van der Waals surface area contributed by atoms with E-state index in [2.05, 4.69) is 26.6 Å². The molecule has 0 radical (unpaired) electrons. The number of benzene rings is 2. The Morgan fingerprint density at radius 3 is 2.51 bits per heavy atom. The lowest BCUT2D eigenvalue weighted by Gasteiger charge is -2.34. The first-order valence-electron chi connectivity index (χ1n) is 12.8. The smallest absolute Gasteiger partial charge is 0.291 e. The van der Waals surface area contributed by atoms with E-state index >= 15 is 4.39 Å². The van der Waals surface area contributed by atoms with E-state index < -0.39 is 5.82 Å². The molecule has 8 nitrogen and oxygen atoms in total. The summed E-state index contributed by atoms with van der Waals surface area (Å²) in [7, 11) is 2.06. The fourth-order valence-electron chi connectivity index (χ4n) is 5.12. The molecular weight excluding hydrogens is 539 g/mol. The van der Waals surface area contributed by atoms with Crippen molar-refractivity contribution in [3.63, 3.8) is 0 Å². The topological polar surface area (TPSA) is 75.7 Å². The maximum absolute atomic E-state index is 15.4. The van der Waals surface area contributed by atoms with Gasteiger partial charge in [-0.2, -0.15) is 9.50 Å². The summed E-state index contributed by atoms with van der Waals surface area (Å²) in [5, 5.41) is 5.32. The van der Waals surface area contributed by atoms with Crippen LogP contribution in [0.5, 0.6) is 0 Å². The molecule has 7 rings (SSSR count). The fourth-order valence-corrected chi connectivity index (χ4v) is 6.15. The van der Waals surface area contributed by atoms with Crippen molar-refractivity contribution in [2.24, 2.45) is 0 Å². The first-order valence-corrected chi connectivity index (χ1v) is 14.0. The number of halogens is 2. The number of thiazole rings is 1. The highest BCUT2D eigenvalue weighted by Gasteiger charge is 2.28. The molecule has 5 aromatic rings. The zero-order valence-corrected chi connectivity index (χ0v) is 22.7. The van der Waals surface area contributed by atoms with Gasteiger partial charge >= 0.3 is 0 Å². The van der Waals surface area contributed by atoms with E-state index in [1.165, 1.54) is 21.9 Å². The number of piperazine rings is 1. The van der Waals surface area contributed by atoms with Gasteiger partial charge in [-0.15, -0.1) is 5.10 Å². The second-order valence-electron chi connectivity index (χ2n) is 10.2. The fraction of sp³-hybridized carbons (Fsp3) is 0.286. The molecule has 0 amide bonds. The lowest BCUT2D eigenvalue weighted by atomic mass is 10.1. The molecule has 198 valence electrons. The summed E-state index contributed by atoms with van der Waals surface area (Å²) in [5.41, 5.74) is 1.69. The maximum Gasteiger partial charge on any atom is 0.291 e. The summed E-state index contributed by atoms with van der Waals surface area (Å²) in [5.74, 6) is -0.243. The predicted molar refractivity (Wildman–Crippen MR) is 153 cm³/mol. The maximum atomic E-state index is 15.4. The van der Waals surface area contributed by atoms with Gasteiger partial charge in [0.15, 0.2) is 5.82 Å². The highest BCUT2D eigenvalue weighted by Crippen LogP contribution is 2.39. The van der Waals surface area contributed by atoms with Gasteiger partial charge in [-0.25, -0.2) is 4.39 Å². The van der Waals surface area contributed by atoms with E-state index in [0.29, 0.717) is 31.1 Å². The van der Waals surface area contributed by atoms with E-state index in [0.717, 1.165) is 44.6 Å². The summed E-state index contributed by atoms with van der Waals surface area (Å²) in [4.78, 5) is 35.9. The van der Waals surface area contributed by atoms with Crippen molar-refractivity contribution in [3.8, 4) is 11.4 Å². The number of pyridine rings is 1. The van der Waals surface area contributed by atoms with Gasteiger partial charge in [0.05, 0.1) is 21.3 Å². The molecule has 3 aromatic heterocycles. The Morgan fingerprint density at radius 1 is 1.08 bits per heavy atom. The standard InChI is InChI=1S/C28H24ClFN6O2S/c1-33-8-10-34(11-9-33)23-14-22-19(13-21(23)30)25(37)20(15-35(22)18-6-7-18)26-31-28-36(32-26)27(38)24(39-28)12-16-2-4-17(29)5-3-16/h2-5,12-15,18H,6-11H2,1H3/b24-12-. The van der Waals surface area contributed by atoms with Crippen LogP contribution in [0.2, 0.25) is 5.02 Å². The molecule has 1 saturated carbocycles. The number of hydrogen-bond donors (Lipinski definition) is 0. The van der Waals surface area contributed by atoms with Gasteiger partial charge in [0.2, 0.25) is 10.4 Å². The van der Waals surface area contributed by atoms with Gasteiger partial charge < -0.3 is 14.4 Å². The molecule has 2 fully saturated rings. The van der Waals surface area contributed by atoms with Crippen molar-refractivity contribution < 1.29 is 4.39 Å². The highest BCUT2D eigenvalue weighted by molar-refractivity contribution is 7.15. The van der Waals surface area contributed by atoms with Crippen LogP contribution in [0.15, 0.2) is 52.2 Å². The average molecular weight is 563 g/mol. The van der Waals surface area contributed by atoms with Crippen molar-refractivity contribution in [1.29, 1.82) is 0 Å². The molecule has 1 aliphatic heterocycles. The number of nitrogens with zero attached hydrogens (tertiary/aromatic N) is 6. The monoisotopic (exact) mass is 562 g/mol. The zero-order chi connectivity index (χ0) is 26.8. The van der Waals surface area contributed by atoms with Crippen LogP contribution in [-0.2, 0) is 0 Å². The summed E-state index contributed by atoms with van der Waals surface area (Å²) in [6, 6.07) is 10.6. The quantitative estimate of drug-likeness (QED) is 0.333. The molecule has 1 aliphatic carbocycles. The van der Waals surface area contributed by atoms with Gasteiger partial charge in [-0.05, 0) is 55.8 Å². The van der Waals surface area contributed by atoms with Gasteiger partial charge in [-0.1, -0.05) is 35.1 Å². The van der Waals surface area contributed by atoms with Gasteiger partial charge in [0.25, 0.3) is 5.56 Å². The van der Waals surface area contributed by atoms with Crippen LogP contribution in [0.25, 0.3) is 33.3 Å². The normalized spacial score (nSPS) is 17.1. The van der Waals surface area contributed by atoms with Crippen LogP contribution in [0.4, 0.5) is 10.1 Å². The molecule has 0 bridgehead atoms. The van der Waals surface area contributed by atoms with E-state index in [9.17, 15) is 9.59 Å². The summed E-state index contributed by atoms with van der Waals surface area (Å²) >= 11 is 7.16. The van der Waals surface area contributed by atoms with Crippen molar-refractivity contribution in [1.82, 2.24) is 24.1 Å². The molecule has 0 spiro atoms. The minimum Gasteiger partial charge on any atom is -0.367 e. The van der Waals surface area contributed by atoms with Crippen molar-refractivity contribution in [2.75, 3.05) is 38.1 Å². The lowest BCUT2D eigenvalue weighted by Crippen LogP contribution is -2.44. The largest absolute Gasteiger partial charge is 0.367 e. The number of likely N-dealkylation sites (N-methyl/N-ethyl adjacent to an activating group) is 1. The van der Waals surface area contributed by atoms with Gasteiger partial charge in [0.1, 0.15) is 5.82 Å². The number of hydrogen-bond acceptors (Lipinski definition) is 7. The van der Waals surface area contributed by atoms with Crippen molar-refractivity contribution in [2.45, 2.75) is 18.9 Å². The predicted octanol–water partition coefficient (Wildman–Crippen LogP) is 3.56. The van der Waals surface area contributed by atoms with Crippen molar-refractivity contribution >= 4 is 50.6 Å². The minimum atomic E-state index is -0.411. The molecule has 39 heavy (non-hydrogen) atoms. The van der Waals surface area contributed by atoms with Crippen LogP contribution in [0, 0.1) is 5.82 Å². The Bertz CT molecular complexity index is 1920. The van der Waals surface area contributed by atoms with E-state index in [-0.39, 0.29) is 28.4 Å². The molecule has 0 N–H and O–H groups in total. The minimum absolute atomic E-state index is 0.168. The van der Waals surface area contributed by atoms with Gasteiger partial charge in [0, 0.05) is 48.8 Å². The summed E-state index contributed by atoms with van der Waals surface area (Å²) in [6.45, 7) is 3.18. The third-order valence-electron chi connectivity index (χ3n) is 7.48. The Balaban J connectivity index is 1.33. The molecule has 0 atom stereocenters. The molecule has 4 heterocycles. The Kier molecular flexibility index (Phi) is 5.80. The third-order valence-corrected chi connectivity index (χ3v) is 8.69. The first-order chi connectivity index (χ1) is 18.9. The van der Waals surface area contributed by atoms with Crippen LogP contribution in [-0.4, -0.2) is 57.3 Å². The average Bonchev–Trinajstić information content (AvgIpc) is 3.63. The number of rotatable bonds is 4. The molecule has 2 aliphatic rings. The van der Waals surface area contributed by atoms with Crippen LogP contribution < -0.4 is 20.4 Å². The van der Waals surface area contributed by atoms with E-state index in [1.807, 2.05) is 23.1 Å². The molecular formula is C28H24ClFN6O2S. The SMILES string of the molecule is CN1CCN(c2cc3c(cc2F)c(=O)c(-c2nc4s/c(=C\c5ccc(Cl)cc5)c(=O)n4n2)cn3C2CC2)CC1. The number of fused-ring (bicyclic) bond motifs is 2. The lowest BCUT2D eigenvalue weighted by molar-refractivity contribution is 0.312. The molecule has 2 aromatic carbocycles. The number of anilines is 1. The van der Waals surface area contributed by atoms with Crippen LogP contribution >= 0.6 is 22.9 Å². The highest BCUT2D eigenvalue weighted by atomic mass is 35.5. The third kappa shape index (κ3) is 4.32. The Morgan fingerprint density at radius 2 is 1.82 bits per heavy atom. The Hall–Kier alpha value is -3.60. The second kappa shape index (κ2) is 9.25.